The summed E-state index contributed by atoms with van der Waals surface area (Å²) >= 11 is 6.10. The number of aryl methyl sites for hydroxylation is 1. The molecule has 0 amide bonds. The Morgan fingerprint density at radius 2 is 1.78 bits per heavy atom. The number of aliphatic imine (C=N–C) groups is 1. The van der Waals surface area contributed by atoms with Gasteiger partial charge in [0.2, 0.25) is 0 Å². The Morgan fingerprint density at radius 1 is 1.07 bits per heavy atom. The Kier molecular flexibility index (Phi) is 5.84. The minimum atomic E-state index is -0.421. The van der Waals surface area contributed by atoms with Gasteiger partial charge >= 0.3 is 0 Å². The van der Waals surface area contributed by atoms with Crippen LogP contribution in [0.25, 0.3) is 0 Å². The van der Waals surface area contributed by atoms with Gasteiger partial charge in [0.05, 0.1) is 10.6 Å². The predicted molar refractivity (Wildman–Crippen MR) is 107 cm³/mol. The highest BCUT2D eigenvalue weighted by molar-refractivity contribution is 6.31. The second-order valence-electron chi connectivity index (χ2n) is 5.97. The number of ether oxygens (including phenoxy) is 1. The number of nitro groups is 1. The fraction of sp³-hybridized carbons (Fsp3) is 0.0952. The number of hydrogen-bond acceptors (Lipinski definition) is 4. The third-order valence-electron chi connectivity index (χ3n) is 3.95. The van der Waals surface area contributed by atoms with E-state index in [2.05, 4.69) is 4.99 Å². The molecule has 0 aliphatic carbocycles. The van der Waals surface area contributed by atoms with Crippen LogP contribution in [0.15, 0.2) is 71.7 Å². The van der Waals surface area contributed by atoms with E-state index < -0.39 is 4.92 Å². The van der Waals surface area contributed by atoms with Crippen LogP contribution in [-0.2, 0) is 6.61 Å². The van der Waals surface area contributed by atoms with Crippen molar-refractivity contribution in [2.24, 2.45) is 4.99 Å². The van der Waals surface area contributed by atoms with Crippen molar-refractivity contribution in [1.29, 1.82) is 0 Å². The van der Waals surface area contributed by atoms with E-state index in [4.69, 9.17) is 16.3 Å². The Hall–Kier alpha value is -3.18. The molecule has 5 nitrogen and oxygen atoms in total. The van der Waals surface area contributed by atoms with E-state index in [-0.39, 0.29) is 5.69 Å². The Labute approximate surface area is 162 Å². The molecule has 27 heavy (non-hydrogen) atoms. The molecular formula is C21H17ClN2O3. The van der Waals surface area contributed by atoms with Gasteiger partial charge < -0.3 is 4.74 Å². The van der Waals surface area contributed by atoms with Crippen LogP contribution >= 0.6 is 11.6 Å². The minimum absolute atomic E-state index is 0.0669. The maximum atomic E-state index is 10.7. The molecule has 0 aliphatic rings. The van der Waals surface area contributed by atoms with Crippen molar-refractivity contribution < 1.29 is 9.66 Å². The van der Waals surface area contributed by atoms with E-state index in [1.807, 2.05) is 49.4 Å². The molecule has 136 valence electrons. The molecule has 0 bridgehead atoms. The summed E-state index contributed by atoms with van der Waals surface area (Å²) in [6.45, 7) is 2.29. The summed E-state index contributed by atoms with van der Waals surface area (Å²) in [6.07, 6.45) is 1.76. The summed E-state index contributed by atoms with van der Waals surface area (Å²) in [5.41, 5.74) is 3.68. The SMILES string of the molecule is Cc1ccc(N=Cc2ccc(OCc3ccc([N+](=O)[O-])cc3)cc2)cc1Cl. The second-order valence-corrected chi connectivity index (χ2v) is 6.38. The fourth-order valence-corrected chi connectivity index (χ4v) is 2.52. The van der Waals surface area contributed by atoms with Gasteiger partial charge in [0.25, 0.3) is 5.69 Å². The topological polar surface area (TPSA) is 64.7 Å². The number of rotatable bonds is 6. The van der Waals surface area contributed by atoms with Crippen LogP contribution in [0.4, 0.5) is 11.4 Å². The fourth-order valence-electron chi connectivity index (χ4n) is 2.34. The Morgan fingerprint density at radius 3 is 2.41 bits per heavy atom. The van der Waals surface area contributed by atoms with Gasteiger partial charge in [0.15, 0.2) is 0 Å². The lowest BCUT2D eigenvalue weighted by Gasteiger charge is -2.06. The number of nitrogens with zero attached hydrogens (tertiary/aromatic N) is 2. The first-order valence-corrected chi connectivity index (χ1v) is 8.65. The highest BCUT2D eigenvalue weighted by Gasteiger charge is 2.04. The van der Waals surface area contributed by atoms with Gasteiger partial charge in [0, 0.05) is 23.4 Å². The van der Waals surface area contributed by atoms with Crippen LogP contribution in [0, 0.1) is 17.0 Å². The van der Waals surface area contributed by atoms with Gasteiger partial charge in [-0.1, -0.05) is 17.7 Å². The van der Waals surface area contributed by atoms with Crippen molar-refractivity contribution in [2.75, 3.05) is 0 Å². The van der Waals surface area contributed by atoms with Gasteiger partial charge in [-0.25, -0.2) is 0 Å². The number of hydrogen-bond donors (Lipinski definition) is 0. The smallest absolute Gasteiger partial charge is 0.269 e. The van der Waals surface area contributed by atoms with E-state index in [9.17, 15) is 10.1 Å². The molecule has 0 saturated heterocycles. The van der Waals surface area contributed by atoms with Crippen LogP contribution in [0.2, 0.25) is 5.02 Å². The number of non-ortho nitro benzene ring substituents is 1. The van der Waals surface area contributed by atoms with Crippen LogP contribution in [0.5, 0.6) is 5.75 Å². The lowest BCUT2D eigenvalue weighted by atomic mass is 10.2. The zero-order chi connectivity index (χ0) is 19.2. The van der Waals surface area contributed by atoms with E-state index in [1.54, 1.807) is 18.3 Å². The van der Waals surface area contributed by atoms with Crippen molar-refractivity contribution in [3.8, 4) is 5.75 Å². The largest absolute Gasteiger partial charge is 0.489 e. The van der Waals surface area contributed by atoms with Crippen LogP contribution in [0.3, 0.4) is 0 Å². The molecule has 0 aliphatic heterocycles. The average molecular weight is 381 g/mol. The zero-order valence-corrected chi connectivity index (χ0v) is 15.4. The molecule has 0 aromatic heterocycles. The third kappa shape index (κ3) is 5.15. The highest BCUT2D eigenvalue weighted by Crippen LogP contribution is 2.22. The molecule has 3 aromatic carbocycles. The molecule has 0 N–H and O–H groups in total. The minimum Gasteiger partial charge on any atom is -0.489 e. The molecule has 0 fully saturated rings. The zero-order valence-electron chi connectivity index (χ0n) is 14.6. The third-order valence-corrected chi connectivity index (χ3v) is 4.36. The summed E-state index contributed by atoms with van der Waals surface area (Å²) < 4.78 is 5.71. The van der Waals surface area contributed by atoms with E-state index in [0.29, 0.717) is 17.4 Å². The van der Waals surface area contributed by atoms with Gasteiger partial charge in [-0.15, -0.1) is 0 Å². The Bertz CT molecular complexity index is 968. The molecular weight excluding hydrogens is 364 g/mol. The second kappa shape index (κ2) is 8.47. The molecule has 6 heteroatoms. The van der Waals surface area contributed by atoms with Gasteiger partial charge in [-0.3, -0.25) is 15.1 Å². The van der Waals surface area contributed by atoms with Gasteiger partial charge in [0.1, 0.15) is 12.4 Å². The first-order valence-electron chi connectivity index (χ1n) is 8.28. The summed E-state index contributed by atoms with van der Waals surface area (Å²) in [4.78, 5) is 14.7. The summed E-state index contributed by atoms with van der Waals surface area (Å²) in [7, 11) is 0. The normalized spacial score (nSPS) is 10.9. The summed E-state index contributed by atoms with van der Waals surface area (Å²) in [5.74, 6) is 0.712. The first kappa shape index (κ1) is 18.6. The summed E-state index contributed by atoms with van der Waals surface area (Å²) in [6, 6.07) is 19.5. The standard InChI is InChI=1S/C21H17ClN2O3/c1-15-2-7-18(12-21(15)22)23-13-16-5-10-20(11-6-16)27-14-17-3-8-19(9-4-17)24(25)26/h2-13H,14H2,1H3. The molecule has 0 atom stereocenters. The van der Waals surface area contributed by atoms with Crippen LogP contribution in [-0.4, -0.2) is 11.1 Å². The van der Waals surface area contributed by atoms with Crippen LogP contribution in [0.1, 0.15) is 16.7 Å². The molecule has 0 saturated carbocycles. The first-order chi connectivity index (χ1) is 13.0. The molecule has 0 unspecified atom stereocenters. The van der Waals surface area contributed by atoms with Crippen LogP contribution < -0.4 is 4.74 Å². The highest BCUT2D eigenvalue weighted by atomic mass is 35.5. The summed E-state index contributed by atoms with van der Waals surface area (Å²) in [5, 5.41) is 11.4. The number of benzene rings is 3. The van der Waals surface area contributed by atoms with Crippen molar-refractivity contribution in [3.05, 3.63) is 98.6 Å². The number of halogens is 1. The van der Waals surface area contributed by atoms with Crippen molar-refractivity contribution in [1.82, 2.24) is 0 Å². The Balaban J connectivity index is 1.58. The lowest BCUT2D eigenvalue weighted by Crippen LogP contribution is -1.96. The maximum Gasteiger partial charge on any atom is 0.269 e. The predicted octanol–water partition coefficient (Wildman–Crippen LogP) is 5.89. The monoisotopic (exact) mass is 380 g/mol. The molecule has 0 spiro atoms. The lowest BCUT2D eigenvalue weighted by molar-refractivity contribution is -0.384. The quantitative estimate of drug-likeness (QED) is 0.304. The molecule has 3 rings (SSSR count). The molecule has 3 aromatic rings. The van der Waals surface area contributed by atoms with Gasteiger partial charge in [-0.05, 0) is 72.1 Å². The van der Waals surface area contributed by atoms with Crippen molar-refractivity contribution in [2.45, 2.75) is 13.5 Å². The average Bonchev–Trinajstić information content (AvgIpc) is 2.68. The van der Waals surface area contributed by atoms with Gasteiger partial charge in [-0.2, -0.15) is 0 Å². The van der Waals surface area contributed by atoms with E-state index in [1.165, 1.54) is 12.1 Å². The van der Waals surface area contributed by atoms with Crippen molar-refractivity contribution >= 4 is 29.2 Å². The van der Waals surface area contributed by atoms with Crippen molar-refractivity contribution in [3.63, 3.8) is 0 Å². The van der Waals surface area contributed by atoms with E-state index in [0.717, 1.165) is 22.4 Å². The molecule has 0 radical (unpaired) electrons. The number of nitro benzene ring substituents is 1. The van der Waals surface area contributed by atoms with E-state index >= 15 is 0 Å². The molecule has 0 heterocycles. The maximum absolute atomic E-state index is 10.7.